The number of likely N-dealkylation sites (N-methyl/N-ethyl adjacent to an activating group) is 1. The Morgan fingerprint density at radius 3 is 2.30 bits per heavy atom. The lowest BCUT2D eigenvalue weighted by Gasteiger charge is -2.37. The molecule has 0 radical (unpaired) electrons. The van der Waals surface area contributed by atoms with E-state index >= 15 is 0 Å². The Kier molecular flexibility index (Phi) is 3.76. The van der Waals surface area contributed by atoms with E-state index in [1.54, 1.807) is 0 Å². The maximum Gasteiger partial charge on any atom is 0.0853 e. The third kappa shape index (κ3) is 2.14. The van der Waals surface area contributed by atoms with Gasteiger partial charge >= 0.3 is 0 Å². The summed E-state index contributed by atoms with van der Waals surface area (Å²) in [5.74, 6) is 0.840. The molecule has 0 spiro atoms. The standard InChI is InChI=1S/C18H28N2/c1-13-9-5-8-12-17(13)20-15(3)14(2)19(4)18(20)16-10-6-7-11-16/h5,8-9,12,14-16,18H,6-7,10-11H2,1-4H3/t14?,15-,18?/m0/s1. The van der Waals surface area contributed by atoms with Crippen LogP contribution in [0.25, 0.3) is 0 Å². The quantitative estimate of drug-likeness (QED) is 0.801. The summed E-state index contributed by atoms with van der Waals surface area (Å²) in [7, 11) is 2.32. The van der Waals surface area contributed by atoms with Gasteiger partial charge in [0.15, 0.2) is 0 Å². The van der Waals surface area contributed by atoms with Crippen molar-refractivity contribution in [1.82, 2.24) is 4.90 Å². The van der Waals surface area contributed by atoms with E-state index in [4.69, 9.17) is 0 Å². The minimum atomic E-state index is 0.587. The molecule has 2 nitrogen and oxygen atoms in total. The molecule has 110 valence electrons. The van der Waals surface area contributed by atoms with E-state index in [0.717, 1.165) is 5.92 Å². The van der Waals surface area contributed by atoms with Gasteiger partial charge in [0.25, 0.3) is 0 Å². The van der Waals surface area contributed by atoms with Crippen LogP contribution >= 0.6 is 0 Å². The van der Waals surface area contributed by atoms with Crippen molar-refractivity contribution in [3.63, 3.8) is 0 Å². The zero-order chi connectivity index (χ0) is 14.3. The van der Waals surface area contributed by atoms with Gasteiger partial charge in [-0.15, -0.1) is 0 Å². The van der Waals surface area contributed by atoms with Crippen LogP contribution in [0.5, 0.6) is 0 Å². The number of hydrogen-bond donors (Lipinski definition) is 0. The molecule has 1 aromatic rings. The summed E-state index contributed by atoms with van der Waals surface area (Å²) >= 11 is 0. The summed E-state index contributed by atoms with van der Waals surface area (Å²) in [5, 5.41) is 0. The van der Waals surface area contributed by atoms with Crippen molar-refractivity contribution in [2.24, 2.45) is 5.92 Å². The van der Waals surface area contributed by atoms with Crippen LogP contribution < -0.4 is 4.90 Å². The first-order valence-electron chi connectivity index (χ1n) is 8.17. The fraction of sp³-hybridized carbons (Fsp3) is 0.667. The highest BCUT2D eigenvalue weighted by Crippen LogP contribution is 2.41. The fourth-order valence-electron chi connectivity index (χ4n) is 4.28. The Labute approximate surface area is 123 Å². The van der Waals surface area contributed by atoms with Crippen molar-refractivity contribution in [2.75, 3.05) is 11.9 Å². The van der Waals surface area contributed by atoms with E-state index in [9.17, 15) is 0 Å². The highest BCUT2D eigenvalue weighted by Gasteiger charge is 2.45. The second-order valence-electron chi connectivity index (χ2n) is 6.80. The molecule has 1 aliphatic carbocycles. The number of rotatable bonds is 2. The van der Waals surface area contributed by atoms with Gasteiger partial charge in [0.1, 0.15) is 0 Å². The molecule has 0 amide bonds. The Morgan fingerprint density at radius 1 is 1.00 bits per heavy atom. The van der Waals surface area contributed by atoms with Crippen LogP contribution in [0.1, 0.15) is 45.1 Å². The Hall–Kier alpha value is -1.02. The maximum atomic E-state index is 2.70. The van der Waals surface area contributed by atoms with Crippen molar-refractivity contribution >= 4 is 5.69 Å². The van der Waals surface area contributed by atoms with E-state index < -0.39 is 0 Å². The van der Waals surface area contributed by atoms with Crippen LogP contribution in [0.15, 0.2) is 24.3 Å². The summed E-state index contributed by atoms with van der Waals surface area (Å²) in [6.45, 7) is 7.02. The lowest BCUT2D eigenvalue weighted by atomic mass is 10.0. The van der Waals surface area contributed by atoms with Gasteiger partial charge in [-0.2, -0.15) is 0 Å². The molecule has 1 aromatic carbocycles. The molecule has 2 unspecified atom stereocenters. The van der Waals surface area contributed by atoms with Crippen molar-refractivity contribution < 1.29 is 0 Å². The minimum Gasteiger partial charge on any atom is -0.351 e. The van der Waals surface area contributed by atoms with E-state index in [1.165, 1.54) is 36.9 Å². The first kappa shape index (κ1) is 13.9. The second-order valence-corrected chi connectivity index (χ2v) is 6.80. The van der Waals surface area contributed by atoms with Gasteiger partial charge in [0.2, 0.25) is 0 Å². The summed E-state index contributed by atoms with van der Waals surface area (Å²) in [4.78, 5) is 5.32. The molecule has 1 saturated carbocycles. The molecule has 0 N–H and O–H groups in total. The van der Waals surface area contributed by atoms with Gasteiger partial charge in [-0.1, -0.05) is 31.0 Å². The first-order valence-corrected chi connectivity index (χ1v) is 8.17. The maximum absolute atomic E-state index is 2.70. The summed E-state index contributed by atoms with van der Waals surface area (Å²) < 4.78 is 0. The van der Waals surface area contributed by atoms with Crippen LogP contribution in [0.2, 0.25) is 0 Å². The van der Waals surface area contributed by atoms with Gasteiger partial charge in [0.05, 0.1) is 6.17 Å². The number of benzene rings is 1. The molecule has 1 heterocycles. The topological polar surface area (TPSA) is 6.48 Å². The van der Waals surface area contributed by atoms with E-state index in [2.05, 4.69) is 61.9 Å². The van der Waals surface area contributed by atoms with Crippen molar-refractivity contribution in [3.8, 4) is 0 Å². The normalized spacial score (nSPS) is 32.2. The average molecular weight is 272 g/mol. The molecule has 3 atom stereocenters. The van der Waals surface area contributed by atoms with E-state index in [-0.39, 0.29) is 0 Å². The van der Waals surface area contributed by atoms with Crippen molar-refractivity contribution in [3.05, 3.63) is 29.8 Å². The first-order chi connectivity index (χ1) is 9.61. The molecule has 1 aliphatic heterocycles. The Balaban J connectivity index is 1.98. The zero-order valence-corrected chi connectivity index (χ0v) is 13.3. The Bertz CT molecular complexity index is 462. The molecular formula is C18H28N2. The second kappa shape index (κ2) is 5.40. The van der Waals surface area contributed by atoms with Gasteiger partial charge in [0, 0.05) is 17.8 Å². The number of hydrogen-bond acceptors (Lipinski definition) is 2. The van der Waals surface area contributed by atoms with E-state index in [1.807, 2.05) is 0 Å². The van der Waals surface area contributed by atoms with Crippen LogP contribution in [0.3, 0.4) is 0 Å². The summed E-state index contributed by atoms with van der Waals surface area (Å²) in [6, 6.07) is 10.1. The largest absolute Gasteiger partial charge is 0.351 e. The SMILES string of the molecule is Cc1ccccc1N1C(C2CCCC2)N(C)C(C)[C@@H]1C. The number of para-hydroxylation sites is 1. The average Bonchev–Trinajstić information content (AvgIpc) is 3.03. The number of anilines is 1. The molecule has 2 aliphatic rings. The van der Waals surface area contributed by atoms with Gasteiger partial charge in [-0.05, 0) is 58.2 Å². The molecule has 2 heteroatoms. The van der Waals surface area contributed by atoms with Gasteiger partial charge < -0.3 is 4.90 Å². The van der Waals surface area contributed by atoms with E-state index in [0.29, 0.717) is 18.2 Å². The smallest absolute Gasteiger partial charge is 0.0853 e. The van der Waals surface area contributed by atoms with Crippen LogP contribution in [-0.2, 0) is 0 Å². The highest BCUT2D eigenvalue weighted by molar-refractivity contribution is 5.56. The third-order valence-electron chi connectivity index (χ3n) is 5.70. The highest BCUT2D eigenvalue weighted by atomic mass is 15.4. The predicted octanol–water partition coefficient (Wildman–Crippen LogP) is 4.04. The lowest BCUT2D eigenvalue weighted by molar-refractivity contribution is 0.192. The lowest BCUT2D eigenvalue weighted by Crippen LogP contribution is -2.44. The summed E-state index contributed by atoms with van der Waals surface area (Å²) in [5.41, 5.74) is 2.85. The molecule has 2 fully saturated rings. The molecule has 0 bridgehead atoms. The number of aryl methyl sites for hydroxylation is 1. The minimum absolute atomic E-state index is 0.587. The van der Waals surface area contributed by atoms with Crippen molar-refractivity contribution in [2.45, 2.75) is 64.7 Å². The molecule has 0 aromatic heterocycles. The van der Waals surface area contributed by atoms with Crippen LogP contribution in [-0.4, -0.2) is 30.2 Å². The van der Waals surface area contributed by atoms with Crippen molar-refractivity contribution in [1.29, 1.82) is 0 Å². The fourth-order valence-corrected chi connectivity index (χ4v) is 4.28. The molecular weight excluding hydrogens is 244 g/mol. The molecule has 20 heavy (non-hydrogen) atoms. The summed E-state index contributed by atoms with van der Waals surface area (Å²) in [6.07, 6.45) is 6.22. The van der Waals surface area contributed by atoms with Gasteiger partial charge in [-0.3, -0.25) is 4.90 Å². The predicted molar refractivity (Wildman–Crippen MR) is 86.1 cm³/mol. The molecule has 3 rings (SSSR count). The van der Waals surface area contributed by atoms with Gasteiger partial charge in [-0.25, -0.2) is 0 Å². The Morgan fingerprint density at radius 2 is 1.65 bits per heavy atom. The van der Waals surface area contributed by atoms with Crippen LogP contribution in [0, 0.1) is 12.8 Å². The number of nitrogens with zero attached hydrogens (tertiary/aromatic N) is 2. The molecule has 1 saturated heterocycles. The van der Waals surface area contributed by atoms with Crippen LogP contribution in [0.4, 0.5) is 5.69 Å². The third-order valence-corrected chi connectivity index (χ3v) is 5.70. The zero-order valence-electron chi connectivity index (χ0n) is 13.3. The monoisotopic (exact) mass is 272 g/mol.